The highest BCUT2D eigenvalue weighted by atomic mass is 16.5. The van der Waals surface area contributed by atoms with E-state index in [0.29, 0.717) is 11.5 Å². The second-order valence-electron chi connectivity index (χ2n) is 6.80. The number of benzene rings is 2. The van der Waals surface area contributed by atoms with E-state index in [2.05, 4.69) is 11.4 Å². The molecule has 6 heteroatoms. The van der Waals surface area contributed by atoms with Crippen LogP contribution in [0.3, 0.4) is 0 Å². The average Bonchev–Trinajstić information content (AvgIpc) is 2.73. The summed E-state index contributed by atoms with van der Waals surface area (Å²) in [5.74, 6) is 0.0262. The smallest absolute Gasteiger partial charge is 0.339 e. The lowest BCUT2D eigenvalue weighted by Crippen LogP contribution is -2.39. The first-order valence-electron chi connectivity index (χ1n) is 9.34. The molecule has 1 aliphatic rings. The molecule has 28 heavy (non-hydrogen) atoms. The standard InChI is InChI=1S/C22H25NO5/c1-14(28-22(25)16-11-17(26-2)13-18(12-16)27-3)21(24)23-20-10-6-8-15-7-4-5-9-19(15)20/h4-5,7,9,11-14,20H,6,8,10H2,1-3H3,(H,23,24)/t14-,20-/m1/s1. The Morgan fingerprint density at radius 3 is 2.43 bits per heavy atom. The van der Waals surface area contributed by atoms with E-state index in [0.717, 1.165) is 24.8 Å². The van der Waals surface area contributed by atoms with Crippen LogP contribution in [-0.2, 0) is 16.0 Å². The quantitative estimate of drug-likeness (QED) is 0.774. The Kier molecular flexibility index (Phi) is 6.19. The van der Waals surface area contributed by atoms with Crippen molar-refractivity contribution in [3.63, 3.8) is 0 Å². The summed E-state index contributed by atoms with van der Waals surface area (Å²) in [6.45, 7) is 1.57. The van der Waals surface area contributed by atoms with Crippen LogP contribution in [-0.4, -0.2) is 32.2 Å². The topological polar surface area (TPSA) is 73.9 Å². The predicted octanol–water partition coefficient (Wildman–Crippen LogP) is 3.44. The zero-order valence-electron chi connectivity index (χ0n) is 16.4. The van der Waals surface area contributed by atoms with Crippen molar-refractivity contribution in [1.29, 1.82) is 0 Å². The number of rotatable bonds is 6. The first kappa shape index (κ1) is 19.7. The number of carbonyl (C=O) groups is 2. The predicted molar refractivity (Wildman–Crippen MR) is 105 cm³/mol. The van der Waals surface area contributed by atoms with Gasteiger partial charge in [-0.2, -0.15) is 0 Å². The van der Waals surface area contributed by atoms with Crippen LogP contribution in [0.4, 0.5) is 0 Å². The van der Waals surface area contributed by atoms with E-state index in [1.807, 2.05) is 18.2 Å². The first-order valence-corrected chi connectivity index (χ1v) is 9.34. The Bertz CT molecular complexity index is 842. The number of aryl methyl sites for hydroxylation is 1. The third kappa shape index (κ3) is 4.44. The van der Waals surface area contributed by atoms with Gasteiger partial charge in [0.05, 0.1) is 25.8 Å². The normalized spacial score (nSPS) is 16.5. The maximum atomic E-state index is 12.6. The lowest BCUT2D eigenvalue weighted by molar-refractivity contribution is -0.130. The van der Waals surface area contributed by atoms with E-state index in [-0.39, 0.29) is 17.5 Å². The van der Waals surface area contributed by atoms with E-state index >= 15 is 0 Å². The van der Waals surface area contributed by atoms with Gasteiger partial charge in [-0.25, -0.2) is 4.79 Å². The molecule has 0 saturated heterocycles. The fourth-order valence-corrected chi connectivity index (χ4v) is 3.40. The minimum atomic E-state index is -0.918. The van der Waals surface area contributed by atoms with Crippen LogP contribution in [0.1, 0.15) is 47.3 Å². The third-order valence-corrected chi connectivity index (χ3v) is 4.93. The number of carbonyl (C=O) groups excluding carboxylic acids is 2. The zero-order chi connectivity index (χ0) is 20.1. The molecule has 0 radical (unpaired) electrons. The molecule has 1 amide bonds. The number of amides is 1. The lowest BCUT2D eigenvalue weighted by atomic mass is 9.87. The number of hydrogen-bond donors (Lipinski definition) is 1. The molecule has 2 aromatic carbocycles. The number of esters is 1. The minimum absolute atomic E-state index is 0.0597. The van der Waals surface area contributed by atoms with Crippen molar-refractivity contribution in [3.8, 4) is 11.5 Å². The largest absolute Gasteiger partial charge is 0.497 e. The van der Waals surface area contributed by atoms with Crippen molar-refractivity contribution in [2.75, 3.05) is 14.2 Å². The molecular formula is C22H25NO5. The highest BCUT2D eigenvalue weighted by Crippen LogP contribution is 2.29. The van der Waals surface area contributed by atoms with Crippen LogP contribution in [0.5, 0.6) is 11.5 Å². The van der Waals surface area contributed by atoms with Crippen LogP contribution in [0, 0.1) is 0 Å². The molecule has 0 aromatic heterocycles. The molecule has 2 atom stereocenters. The molecule has 0 unspecified atom stereocenters. The third-order valence-electron chi connectivity index (χ3n) is 4.93. The molecule has 6 nitrogen and oxygen atoms in total. The number of nitrogens with one attached hydrogen (secondary N) is 1. The van der Waals surface area contributed by atoms with Crippen LogP contribution in [0.2, 0.25) is 0 Å². The molecular weight excluding hydrogens is 358 g/mol. The second-order valence-corrected chi connectivity index (χ2v) is 6.80. The van der Waals surface area contributed by atoms with Crippen molar-refractivity contribution >= 4 is 11.9 Å². The fraction of sp³-hybridized carbons (Fsp3) is 0.364. The van der Waals surface area contributed by atoms with E-state index in [4.69, 9.17) is 14.2 Å². The number of methoxy groups -OCH3 is 2. The number of fused-ring (bicyclic) bond motifs is 1. The summed E-state index contributed by atoms with van der Waals surface area (Å²) in [6.07, 6.45) is 1.99. The monoisotopic (exact) mass is 383 g/mol. The van der Waals surface area contributed by atoms with Gasteiger partial charge < -0.3 is 19.5 Å². The summed E-state index contributed by atoms with van der Waals surface area (Å²) in [5.41, 5.74) is 2.66. The summed E-state index contributed by atoms with van der Waals surface area (Å²) in [4.78, 5) is 25.1. The van der Waals surface area contributed by atoms with Gasteiger partial charge >= 0.3 is 5.97 Å². The van der Waals surface area contributed by atoms with Gasteiger partial charge in [-0.15, -0.1) is 0 Å². The van der Waals surface area contributed by atoms with E-state index in [1.54, 1.807) is 25.1 Å². The Labute approximate surface area is 164 Å². The second kappa shape index (κ2) is 8.78. The molecule has 0 saturated carbocycles. The van der Waals surface area contributed by atoms with Gasteiger partial charge in [0.1, 0.15) is 11.5 Å². The molecule has 0 spiro atoms. The van der Waals surface area contributed by atoms with Crippen molar-refractivity contribution in [2.24, 2.45) is 0 Å². The number of hydrogen-bond acceptors (Lipinski definition) is 5. The van der Waals surface area contributed by atoms with Crippen molar-refractivity contribution in [3.05, 3.63) is 59.2 Å². The van der Waals surface area contributed by atoms with Gasteiger partial charge in [0, 0.05) is 6.07 Å². The Morgan fingerprint density at radius 2 is 1.75 bits per heavy atom. The Balaban J connectivity index is 1.66. The summed E-state index contributed by atoms with van der Waals surface area (Å²) in [6, 6.07) is 12.8. The molecule has 0 fully saturated rings. The van der Waals surface area contributed by atoms with Crippen LogP contribution in [0.25, 0.3) is 0 Å². The van der Waals surface area contributed by atoms with Crippen LogP contribution < -0.4 is 14.8 Å². The van der Waals surface area contributed by atoms with E-state index < -0.39 is 12.1 Å². The molecule has 0 aliphatic heterocycles. The molecule has 148 valence electrons. The lowest BCUT2D eigenvalue weighted by Gasteiger charge is -2.27. The van der Waals surface area contributed by atoms with E-state index in [1.165, 1.54) is 19.8 Å². The van der Waals surface area contributed by atoms with Gasteiger partial charge in [-0.1, -0.05) is 24.3 Å². The average molecular weight is 383 g/mol. The SMILES string of the molecule is COc1cc(OC)cc(C(=O)O[C@H](C)C(=O)N[C@@H]2CCCc3ccccc32)c1. The van der Waals surface area contributed by atoms with Gasteiger partial charge in [0.15, 0.2) is 6.10 Å². The van der Waals surface area contributed by atoms with Crippen LogP contribution >= 0.6 is 0 Å². The first-order chi connectivity index (χ1) is 13.5. The minimum Gasteiger partial charge on any atom is -0.497 e. The zero-order valence-corrected chi connectivity index (χ0v) is 16.4. The molecule has 2 aromatic rings. The van der Waals surface area contributed by atoms with Gasteiger partial charge in [-0.3, -0.25) is 4.79 Å². The van der Waals surface area contributed by atoms with Crippen molar-refractivity contribution in [2.45, 2.75) is 38.3 Å². The maximum Gasteiger partial charge on any atom is 0.339 e. The van der Waals surface area contributed by atoms with Crippen molar-refractivity contribution < 1.29 is 23.8 Å². The molecule has 1 aliphatic carbocycles. The Morgan fingerprint density at radius 1 is 1.07 bits per heavy atom. The maximum absolute atomic E-state index is 12.6. The number of ether oxygens (including phenoxy) is 3. The molecule has 0 bridgehead atoms. The summed E-state index contributed by atoms with van der Waals surface area (Å²) in [7, 11) is 3.00. The summed E-state index contributed by atoms with van der Waals surface area (Å²) < 4.78 is 15.7. The highest BCUT2D eigenvalue weighted by Gasteiger charge is 2.26. The Hall–Kier alpha value is -3.02. The van der Waals surface area contributed by atoms with Gasteiger partial charge in [-0.05, 0) is 49.4 Å². The van der Waals surface area contributed by atoms with Gasteiger partial charge in [0.2, 0.25) is 0 Å². The summed E-state index contributed by atoms with van der Waals surface area (Å²) >= 11 is 0. The summed E-state index contributed by atoms with van der Waals surface area (Å²) in [5, 5.41) is 3.01. The molecule has 1 N–H and O–H groups in total. The molecule has 3 rings (SSSR count). The van der Waals surface area contributed by atoms with Crippen molar-refractivity contribution in [1.82, 2.24) is 5.32 Å². The fourth-order valence-electron chi connectivity index (χ4n) is 3.40. The molecule has 0 heterocycles. The van der Waals surface area contributed by atoms with Gasteiger partial charge in [0.25, 0.3) is 5.91 Å². The van der Waals surface area contributed by atoms with Crippen LogP contribution in [0.15, 0.2) is 42.5 Å². The highest BCUT2D eigenvalue weighted by molar-refractivity contribution is 5.93. The van der Waals surface area contributed by atoms with E-state index in [9.17, 15) is 9.59 Å².